The van der Waals surface area contributed by atoms with Crippen LogP contribution in [0, 0.1) is 0 Å². The van der Waals surface area contributed by atoms with E-state index in [1.54, 1.807) is 0 Å². The van der Waals surface area contributed by atoms with Crippen molar-refractivity contribution in [3.05, 3.63) is 0 Å². The van der Waals surface area contributed by atoms with E-state index in [1.165, 1.54) is 19.3 Å². The van der Waals surface area contributed by atoms with Crippen molar-refractivity contribution in [2.75, 3.05) is 6.61 Å². The molecular weight excluding hydrogens is 272 g/mol. The second-order valence-corrected chi connectivity index (χ2v) is 1.78. The van der Waals surface area contributed by atoms with Crippen LogP contribution in [0.25, 0.3) is 0 Å². The Morgan fingerprint density at radius 1 is 1.12 bits per heavy atom. The molecule has 0 aliphatic rings. The van der Waals surface area contributed by atoms with E-state index in [-0.39, 0.29) is 21.1 Å². The Labute approximate surface area is 65.7 Å². The second-order valence-electron chi connectivity index (χ2n) is 1.78. The van der Waals surface area contributed by atoms with Crippen molar-refractivity contribution < 1.29 is 26.2 Å². The van der Waals surface area contributed by atoms with Gasteiger partial charge in [0.1, 0.15) is 0 Å². The second kappa shape index (κ2) is 10.6. The smallest absolute Gasteiger partial charge is 0.0431 e. The zero-order chi connectivity index (χ0) is 5.54. The molecule has 2 heteroatoms. The number of hydrogen-bond donors (Lipinski definition) is 1. The topological polar surface area (TPSA) is 20.2 Å². The number of rotatable bonds is 4. The molecule has 0 unspecified atom stereocenters. The Morgan fingerprint density at radius 2 is 1.75 bits per heavy atom. The van der Waals surface area contributed by atoms with Gasteiger partial charge in [0.15, 0.2) is 0 Å². The first-order chi connectivity index (χ1) is 3.41. The van der Waals surface area contributed by atoms with Gasteiger partial charge in [-0.3, -0.25) is 0 Å². The molecule has 0 saturated carbocycles. The number of aliphatic hydroxyl groups excluding tert-OH is 1. The molecule has 1 nitrogen and oxygen atoms in total. The Balaban J connectivity index is 0. The van der Waals surface area contributed by atoms with Gasteiger partial charge in [-0.15, -0.1) is 0 Å². The maximum absolute atomic E-state index is 8.29. The molecule has 0 heterocycles. The summed E-state index contributed by atoms with van der Waals surface area (Å²) in [6, 6.07) is 0. The van der Waals surface area contributed by atoms with Crippen molar-refractivity contribution in [3.8, 4) is 0 Å². The minimum Gasteiger partial charge on any atom is -0.396 e. The van der Waals surface area contributed by atoms with E-state index in [4.69, 9.17) is 5.11 Å². The monoisotopic (exact) mass is 286 g/mol. The molecule has 0 spiro atoms. The van der Waals surface area contributed by atoms with Gasteiger partial charge in [0.25, 0.3) is 0 Å². The van der Waals surface area contributed by atoms with Crippen LogP contribution in [0.15, 0.2) is 0 Å². The summed E-state index contributed by atoms with van der Waals surface area (Å²) in [6.45, 7) is 2.53. The van der Waals surface area contributed by atoms with Crippen molar-refractivity contribution in [3.63, 3.8) is 0 Å². The first-order valence-corrected chi connectivity index (χ1v) is 3.02. The zero-order valence-electron chi connectivity index (χ0n) is 5.39. The first kappa shape index (κ1) is 11.4. The molecule has 0 aliphatic heterocycles. The summed E-state index contributed by atoms with van der Waals surface area (Å²) in [7, 11) is 0. The SMILES string of the molecule is CCCCCCO.[W]. The van der Waals surface area contributed by atoms with Crippen LogP contribution in [0.1, 0.15) is 32.6 Å². The van der Waals surface area contributed by atoms with Gasteiger partial charge < -0.3 is 5.11 Å². The summed E-state index contributed by atoms with van der Waals surface area (Å²) in [6.07, 6.45) is 4.68. The fourth-order valence-electron chi connectivity index (χ4n) is 0.539. The maximum atomic E-state index is 8.29. The fourth-order valence-corrected chi connectivity index (χ4v) is 0.539. The Kier molecular flexibility index (Phi) is 15.2. The minimum absolute atomic E-state index is 0. The van der Waals surface area contributed by atoms with Gasteiger partial charge in [-0.1, -0.05) is 26.2 Å². The minimum atomic E-state index is 0. The van der Waals surface area contributed by atoms with Crippen LogP contribution in [0.3, 0.4) is 0 Å². The summed E-state index contributed by atoms with van der Waals surface area (Å²) in [5.74, 6) is 0. The van der Waals surface area contributed by atoms with Crippen molar-refractivity contribution in [1.29, 1.82) is 0 Å². The Morgan fingerprint density at radius 3 is 2.12 bits per heavy atom. The molecule has 0 amide bonds. The van der Waals surface area contributed by atoms with E-state index in [0.29, 0.717) is 6.61 Å². The predicted molar refractivity (Wildman–Crippen MR) is 31.2 cm³/mol. The summed E-state index contributed by atoms with van der Waals surface area (Å²) < 4.78 is 0. The molecule has 0 rings (SSSR count). The van der Waals surface area contributed by atoms with Crippen LogP contribution in [-0.4, -0.2) is 11.7 Å². The third-order valence-corrected chi connectivity index (χ3v) is 1.01. The Hall–Kier alpha value is 0.648. The molecule has 0 atom stereocenters. The van der Waals surface area contributed by atoms with E-state index in [2.05, 4.69) is 6.92 Å². The summed E-state index contributed by atoms with van der Waals surface area (Å²) in [5.41, 5.74) is 0. The summed E-state index contributed by atoms with van der Waals surface area (Å²) in [4.78, 5) is 0. The normalized spacial score (nSPS) is 8.25. The van der Waals surface area contributed by atoms with Gasteiger partial charge in [0.2, 0.25) is 0 Å². The fraction of sp³-hybridized carbons (Fsp3) is 1.00. The zero-order valence-corrected chi connectivity index (χ0v) is 8.32. The van der Waals surface area contributed by atoms with Gasteiger partial charge in [0, 0.05) is 27.7 Å². The first-order valence-electron chi connectivity index (χ1n) is 3.02. The third-order valence-electron chi connectivity index (χ3n) is 1.01. The van der Waals surface area contributed by atoms with Gasteiger partial charge >= 0.3 is 0 Å². The molecular formula is C6H14OW. The maximum Gasteiger partial charge on any atom is 0.0431 e. The van der Waals surface area contributed by atoms with Crippen LogP contribution >= 0.6 is 0 Å². The largest absolute Gasteiger partial charge is 0.396 e. The summed E-state index contributed by atoms with van der Waals surface area (Å²) in [5, 5.41) is 8.29. The number of unbranched alkanes of at least 4 members (excludes halogenated alkanes) is 3. The molecule has 8 heavy (non-hydrogen) atoms. The molecule has 0 aromatic rings. The van der Waals surface area contributed by atoms with E-state index in [9.17, 15) is 0 Å². The van der Waals surface area contributed by atoms with Crippen LogP contribution in [0.5, 0.6) is 0 Å². The third kappa shape index (κ3) is 9.82. The van der Waals surface area contributed by atoms with E-state index < -0.39 is 0 Å². The van der Waals surface area contributed by atoms with Crippen LogP contribution in [0.2, 0.25) is 0 Å². The quantitative estimate of drug-likeness (QED) is 0.778. The molecule has 0 aromatic carbocycles. The molecule has 0 aliphatic carbocycles. The average molecular weight is 286 g/mol. The van der Waals surface area contributed by atoms with E-state index >= 15 is 0 Å². The van der Waals surface area contributed by atoms with Gasteiger partial charge in [-0.05, 0) is 6.42 Å². The van der Waals surface area contributed by atoms with Gasteiger partial charge in [-0.25, -0.2) is 0 Å². The van der Waals surface area contributed by atoms with Crippen LogP contribution in [-0.2, 0) is 21.1 Å². The van der Waals surface area contributed by atoms with Crippen LogP contribution in [0.4, 0.5) is 0 Å². The number of aliphatic hydroxyl groups is 1. The molecule has 1 N–H and O–H groups in total. The average Bonchev–Trinajstić information content (AvgIpc) is 1.69. The van der Waals surface area contributed by atoms with Crippen molar-refractivity contribution in [2.45, 2.75) is 32.6 Å². The van der Waals surface area contributed by atoms with Crippen molar-refractivity contribution >= 4 is 0 Å². The van der Waals surface area contributed by atoms with Crippen LogP contribution < -0.4 is 0 Å². The molecule has 0 radical (unpaired) electrons. The molecule has 0 bridgehead atoms. The summed E-state index contributed by atoms with van der Waals surface area (Å²) >= 11 is 0. The van der Waals surface area contributed by atoms with Crippen molar-refractivity contribution in [1.82, 2.24) is 0 Å². The molecule has 0 fully saturated rings. The molecule has 0 saturated heterocycles. The predicted octanol–water partition coefficient (Wildman–Crippen LogP) is 1.56. The standard InChI is InChI=1S/C6H14O.W/c1-2-3-4-5-6-7;/h7H,2-6H2,1H3;. The molecule has 50 valence electrons. The van der Waals surface area contributed by atoms with Crippen molar-refractivity contribution in [2.24, 2.45) is 0 Å². The van der Waals surface area contributed by atoms with Gasteiger partial charge in [0.05, 0.1) is 0 Å². The number of hydrogen-bond acceptors (Lipinski definition) is 1. The molecule has 0 aromatic heterocycles. The Bertz CT molecular complexity index is 27.7. The van der Waals surface area contributed by atoms with E-state index in [1.807, 2.05) is 0 Å². The van der Waals surface area contributed by atoms with E-state index in [0.717, 1.165) is 6.42 Å². The van der Waals surface area contributed by atoms with Gasteiger partial charge in [-0.2, -0.15) is 0 Å².